The monoisotopic (exact) mass is 226 g/mol. The van der Waals surface area contributed by atoms with Crippen molar-refractivity contribution in [2.75, 3.05) is 0 Å². The zero-order valence-corrected chi connectivity index (χ0v) is 10.9. The molecule has 1 aliphatic carbocycles. The highest BCUT2D eigenvalue weighted by Crippen LogP contribution is 2.30. The number of fused-ring (bicyclic) bond motifs is 1. The summed E-state index contributed by atoms with van der Waals surface area (Å²) in [4.78, 5) is 0. The van der Waals surface area contributed by atoms with Crippen molar-refractivity contribution >= 4 is 0 Å². The van der Waals surface area contributed by atoms with Crippen LogP contribution in [0.15, 0.2) is 48.1 Å². The van der Waals surface area contributed by atoms with Gasteiger partial charge in [0.05, 0.1) is 0 Å². The van der Waals surface area contributed by atoms with Gasteiger partial charge in [0.1, 0.15) is 0 Å². The van der Waals surface area contributed by atoms with E-state index in [1.54, 1.807) is 5.57 Å². The Morgan fingerprint density at radius 2 is 2.06 bits per heavy atom. The summed E-state index contributed by atoms with van der Waals surface area (Å²) < 4.78 is 0. The topological polar surface area (TPSA) is 0 Å². The summed E-state index contributed by atoms with van der Waals surface area (Å²) >= 11 is 0. The number of hydrogen-bond acceptors (Lipinski definition) is 0. The van der Waals surface area contributed by atoms with Crippen LogP contribution in [0, 0.1) is 0 Å². The molecule has 1 aliphatic rings. The molecule has 1 unspecified atom stereocenters. The van der Waals surface area contributed by atoms with Gasteiger partial charge in [-0.2, -0.15) is 0 Å². The standard InChI is InChI=1S/C17H22/c1-3-4-5-8-15-11-12-16-9-6-7-10-17(16)14(2)13-15/h3-4,6-7,9-10,13-14H,5,8,11-12H2,1-2H3/b4-3-. The Morgan fingerprint density at radius 1 is 1.24 bits per heavy atom. The summed E-state index contributed by atoms with van der Waals surface area (Å²) in [7, 11) is 0. The zero-order valence-electron chi connectivity index (χ0n) is 10.9. The summed E-state index contributed by atoms with van der Waals surface area (Å²) in [5.41, 5.74) is 4.69. The van der Waals surface area contributed by atoms with E-state index in [4.69, 9.17) is 0 Å². The van der Waals surface area contributed by atoms with Crippen molar-refractivity contribution in [3.63, 3.8) is 0 Å². The number of aryl methyl sites for hydroxylation is 1. The highest BCUT2D eigenvalue weighted by Gasteiger charge is 2.13. The Morgan fingerprint density at radius 3 is 2.88 bits per heavy atom. The molecule has 1 aromatic carbocycles. The van der Waals surface area contributed by atoms with Gasteiger partial charge < -0.3 is 0 Å². The third-order valence-electron chi connectivity index (χ3n) is 3.61. The van der Waals surface area contributed by atoms with Crippen molar-refractivity contribution in [2.24, 2.45) is 0 Å². The number of hydrogen-bond donors (Lipinski definition) is 0. The Bertz CT molecular complexity index is 423. The van der Waals surface area contributed by atoms with E-state index in [2.05, 4.69) is 56.3 Å². The summed E-state index contributed by atoms with van der Waals surface area (Å²) in [6, 6.07) is 8.89. The third-order valence-corrected chi connectivity index (χ3v) is 3.61. The zero-order chi connectivity index (χ0) is 12.1. The maximum Gasteiger partial charge on any atom is -0.000503 e. The van der Waals surface area contributed by atoms with Crippen LogP contribution in [0.4, 0.5) is 0 Å². The van der Waals surface area contributed by atoms with Crippen LogP contribution >= 0.6 is 0 Å². The van der Waals surface area contributed by atoms with Gasteiger partial charge >= 0.3 is 0 Å². The van der Waals surface area contributed by atoms with E-state index in [0.717, 1.165) is 0 Å². The lowest BCUT2D eigenvalue weighted by molar-refractivity contribution is 0.850. The SMILES string of the molecule is C/C=C\CCC1=CC(C)c2ccccc2CC1. The van der Waals surface area contributed by atoms with Crippen LogP contribution in [0.2, 0.25) is 0 Å². The smallest absolute Gasteiger partial charge is 0.000503 e. The van der Waals surface area contributed by atoms with E-state index in [1.807, 2.05) is 0 Å². The summed E-state index contributed by atoms with van der Waals surface area (Å²) in [5.74, 6) is 0.578. The molecule has 17 heavy (non-hydrogen) atoms. The number of benzene rings is 1. The molecule has 0 aliphatic heterocycles. The summed E-state index contributed by atoms with van der Waals surface area (Å²) in [6.07, 6.45) is 11.8. The van der Waals surface area contributed by atoms with E-state index in [-0.39, 0.29) is 0 Å². The summed E-state index contributed by atoms with van der Waals surface area (Å²) in [6.45, 7) is 4.42. The second-order valence-corrected chi connectivity index (χ2v) is 4.92. The Kier molecular flexibility index (Phi) is 4.19. The van der Waals surface area contributed by atoms with Gasteiger partial charge in [-0.15, -0.1) is 0 Å². The maximum atomic E-state index is 2.48. The largest absolute Gasteiger partial charge is 0.0917 e. The molecule has 0 amide bonds. The molecule has 0 aromatic heterocycles. The molecule has 0 spiro atoms. The van der Waals surface area contributed by atoms with Gasteiger partial charge in [0.15, 0.2) is 0 Å². The third kappa shape index (κ3) is 3.09. The predicted octanol–water partition coefficient (Wildman–Crippen LogP) is 5.02. The fraction of sp³-hybridized carbons (Fsp3) is 0.412. The molecule has 1 atom stereocenters. The molecular formula is C17H22. The molecule has 0 fully saturated rings. The van der Waals surface area contributed by atoms with E-state index in [0.29, 0.717) is 5.92 Å². The minimum absolute atomic E-state index is 0.578. The molecule has 1 aromatic rings. The molecular weight excluding hydrogens is 204 g/mol. The van der Waals surface area contributed by atoms with Crippen molar-refractivity contribution in [2.45, 2.75) is 45.4 Å². The average molecular weight is 226 g/mol. The quantitative estimate of drug-likeness (QED) is 0.635. The summed E-state index contributed by atoms with van der Waals surface area (Å²) in [5, 5.41) is 0. The van der Waals surface area contributed by atoms with Crippen LogP contribution in [-0.4, -0.2) is 0 Å². The van der Waals surface area contributed by atoms with Crippen molar-refractivity contribution in [3.8, 4) is 0 Å². The van der Waals surface area contributed by atoms with Crippen LogP contribution in [0.1, 0.15) is 50.2 Å². The van der Waals surface area contributed by atoms with Gasteiger partial charge in [0.2, 0.25) is 0 Å². The molecule has 0 bridgehead atoms. The van der Waals surface area contributed by atoms with Crippen molar-refractivity contribution in [3.05, 3.63) is 59.2 Å². The first-order valence-corrected chi connectivity index (χ1v) is 6.69. The van der Waals surface area contributed by atoms with Gasteiger partial charge in [-0.3, -0.25) is 0 Å². The number of rotatable bonds is 3. The lowest BCUT2D eigenvalue weighted by Crippen LogP contribution is -1.93. The van der Waals surface area contributed by atoms with Crippen molar-refractivity contribution < 1.29 is 0 Å². The Balaban J connectivity index is 2.11. The molecule has 0 N–H and O–H groups in total. The second kappa shape index (κ2) is 5.86. The first-order chi connectivity index (χ1) is 8.31. The second-order valence-electron chi connectivity index (χ2n) is 4.92. The lowest BCUT2D eigenvalue weighted by atomic mass is 9.96. The van der Waals surface area contributed by atoms with Crippen LogP contribution in [0.3, 0.4) is 0 Å². The highest BCUT2D eigenvalue weighted by atomic mass is 14.2. The van der Waals surface area contributed by atoms with Gasteiger partial charge in [0.25, 0.3) is 0 Å². The first kappa shape index (κ1) is 12.2. The lowest BCUT2D eigenvalue weighted by Gasteiger charge is -2.09. The van der Waals surface area contributed by atoms with E-state index >= 15 is 0 Å². The van der Waals surface area contributed by atoms with E-state index < -0.39 is 0 Å². The maximum absolute atomic E-state index is 2.48. The molecule has 2 rings (SSSR count). The van der Waals surface area contributed by atoms with Crippen LogP contribution < -0.4 is 0 Å². The molecule has 90 valence electrons. The highest BCUT2D eigenvalue weighted by molar-refractivity contribution is 5.36. The van der Waals surface area contributed by atoms with Crippen molar-refractivity contribution in [1.29, 1.82) is 0 Å². The molecule has 0 saturated heterocycles. The molecule has 0 saturated carbocycles. The van der Waals surface area contributed by atoms with Gasteiger partial charge in [-0.1, -0.05) is 55.0 Å². The fourth-order valence-corrected chi connectivity index (χ4v) is 2.67. The molecule has 0 heterocycles. The van der Waals surface area contributed by atoms with Crippen LogP contribution in [0.5, 0.6) is 0 Å². The molecule has 0 radical (unpaired) electrons. The first-order valence-electron chi connectivity index (χ1n) is 6.69. The van der Waals surface area contributed by atoms with Gasteiger partial charge in [-0.05, 0) is 49.7 Å². The van der Waals surface area contributed by atoms with Gasteiger partial charge in [-0.25, -0.2) is 0 Å². The minimum Gasteiger partial charge on any atom is -0.0917 e. The number of allylic oxidation sites excluding steroid dienone is 4. The Labute approximate surface area is 105 Å². The van der Waals surface area contributed by atoms with Crippen LogP contribution in [-0.2, 0) is 6.42 Å². The predicted molar refractivity (Wildman–Crippen MR) is 75.3 cm³/mol. The van der Waals surface area contributed by atoms with E-state index in [9.17, 15) is 0 Å². The van der Waals surface area contributed by atoms with Crippen LogP contribution in [0.25, 0.3) is 0 Å². The van der Waals surface area contributed by atoms with E-state index in [1.165, 1.54) is 36.8 Å². The normalized spacial score (nSPS) is 19.9. The van der Waals surface area contributed by atoms with Gasteiger partial charge in [0, 0.05) is 0 Å². The van der Waals surface area contributed by atoms with Crippen molar-refractivity contribution in [1.82, 2.24) is 0 Å². The molecule has 0 heteroatoms. The Hall–Kier alpha value is -1.30. The minimum atomic E-state index is 0.578. The fourth-order valence-electron chi connectivity index (χ4n) is 2.67. The average Bonchev–Trinajstić information content (AvgIpc) is 2.50. The molecule has 0 nitrogen and oxygen atoms in total.